The summed E-state index contributed by atoms with van der Waals surface area (Å²) >= 11 is 12.4. The number of hydrogen-bond donors (Lipinski definition) is 4. The molecule has 2 amide bonds. The normalized spacial score (nSPS) is 16.7. The topological polar surface area (TPSA) is 195 Å². The molecule has 338 valence electrons. The highest BCUT2D eigenvalue weighted by Gasteiger charge is 2.42. The van der Waals surface area contributed by atoms with E-state index in [2.05, 4.69) is 25.6 Å². The zero-order chi connectivity index (χ0) is 45.7. The van der Waals surface area contributed by atoms with E-state index in [1.807, 2.05) is 66.7 Å². The molecule has 17 heteroatoms. The molecule has 14 nitrogen and oxygen atoms in total. The van der Waals surface area contributed by atoms with Crippen molar-refractivity contribution in [1.29, 1.82) is 0 Å². The number of aliphatic hydroxyl groups excluding tert-OH is 2. The molecule has 0 spiro atoms. The summed E-state index contributed by atoms with van der Waals surface area (Å²) in [6.45, 7) is 2.13. The van der Waals surface area contributed by atoms with E-state index in [1.54, 1.807) is 36.5 Å². The third-order valence-corrected chi connectivity index (χ3v) is 12.5. The van der Waals surface area contributed by atoms with Crippen LogP contribution in [0.1, 0.15) is 78.7 Å². The Hall–Kier alpha value is -5.81. The highest BCUT2D eigenvalue weighted by Crippen LogP contribution is 2.46. The van der Waals surface area contributed by atoms with Crippen molar-refractivity contribution in [3.8, 4) is 11.8 Å². The van der Waals surface area contributed by atoms with Gasteiger partial charge in [0.05, 0.1) is 37.2 Å². The molecule has 3 unspecified atom stereocenters. The molecule has 65 heavy (non-hydrogen) atoms. The second-order valence-electron chi connectivity index (χ2n) is 15.5. The van der Waals surface area contributed by atoms with Crippen molar-refractivity contribution in [2.45, 2.75) is 63.4 Å². The Kier molecular flexibility index (Phi) is 16.6. The van der Waals surface area contributed by atoms with Gasteiger partial charge in [-0.25, -0.2) is 9.97 Å². The number of aliphatic hydroxyl groups is 2. The van der Waals surface area contributed by atoms with Crippen LogP contribution in [0.2, 0.25) is 10.0 Å². The number of carbonyl (C=O) groups is 2. The summed E-state index contributed by atoms with van der Waals surface area (Å²) in [4.78, 5) is 43.3. The molecule has 4 N–H and O–H groups in total. The summed E-state index contributed by atoms with van der Waals surface area (Å²) in [5.41, 5.74) is 5.17. The second-order valence-corrected chi connectivity index (χ2v) is 17.6. The van der Waals surface area contributed by atoms with Gasteiger partial charge in [-0.2, -0.15) is 9.97 Å². The van der Waals surface area contributed by atoms with E-state index in [0.717, 1.165) is 48.3 Å². The summed E-state index contributed by atoms with van der Waals surface area (Å²) in [6.07, 6.45) is 6.53. The van der Waals surface area contributed by atoms with Crippen molar-refractivity contribution >= 4 is 45.8 Å². The van der Waals surface area contributed by atoms with Gasteiger partial charge < -0.3 is 35.1 Å². The Morgan fingerprint density at radius 2 is 1.17 bits per heavy atom. The average Bonchev–Trinajstić information content (AvgIpc) is 3.58. The molecule has 2 aliphatic rings. The van der Waals surface area contributed by atoms with E-state index in [9.17, 15) is 24.0 Å². The third-order valence-electron chi connectivity index (χ3n) is 11.1. The number of amides is 2. The Morgan fingerprint density at radius 3 is 1.63 bits per heavy atom. The number of carbonyl (C=O) groups excluding carboxylic acids is 2. The van der Waals surface area contributed by atoms with Crippen LogP contribution in [0.15, 0.2) is 115 Å². The minimum absolute atomic E-state index is 0.0307. The Labute approximate surface area is 389 Å². The van der Waals surface area contributed by atoms with Crippen LogP contribution in [-0.2, 0) is 55.1 Å². The fourth-order valence-electron chi connectivity index (χ4n) is 7.57. The lowest BCUT2D eigenvalue weighted by Crippen LogP contribution is -2.29. The van der Waals surface area contributed by atoms with E-state index in [0.29, 0.717) is 57.5 Å². The maximum Gasteiger partial charge on any atom is 0.258 e. The fraction of sp³-hybridized carbons (Fsp3) is 0.292. The van der Waals surface area contributed by atoms with Crippen LogP contribution >= 0.6 is 23.2 Å². The van der Waals surface area contributed by atoms with E-state index in [-0.39, 0.29) is 60.7 Å². The molecule has 1 saturated carbocycles. The number of aromatic nitrogens is 4. The van der Waals surface area contributed by atoms with Crippen LogP contribution in [0.25, 0.3) is 0 Å². The van der Waals surface area contributed by atoms with Crippen molar-refractivity contribution in [1.82, 2.24) is 30.6 Å². The molecule has 4 aromatic carbocycles. The van der Waals surface area contributed by atoms with Gasteiger partial charge in [0.25, 0.3) is 11.8 Å². The number of rotatable bonds is 16. The van der Waals surface area contributed by atoms with E-state index in [4.69, 9.17) is 42.4 Å². The zero-order valence-corrected chi connectivity index (χ0v) is 37.8. The number of fused-ring (bicyclic) bond motifs is 2. The molecular weight excluding hydrogens is 892 g/mol. The average molecular weight is 940 g/mol. The summed E-state index contributed by atoms with van der Waals surface area (Å²) in [5, 5.41) is 25.3. The predicted octanol–water partition coefficient (Wildman–Crippen LogP) is 7.14. The van der Waals surface area contributed by atoms with Crippen molar-refractivity contribution in [2.24, 2.45) is 11.8 Å². The lowest BCUT2D eigenvalue weighted by atomic mass is 9.87. The van der Waals surface area contributed by atoms with Gasteiger partial charge >= 0.3 is 0 Å². The maximum absolute atomic E-state index is 13.1. The van der Waals surface area contributed by atoms with Gasteiger partial charge in [-0.05, 0) is 70.2 Å². The third kappa shape index (κ3) is 12.5. The van der Waals surface area contributed by atoms with Crippen molar-refractivity contribution in [3.05, 3.63) is 170 Å². The number of halogens is 2. The number of nitrogens with zero attached hydrogens (tertiary/aromatic N) is 4. The molecule has 6 aromatic rings. The molecule has 1 aliphatic heterocycles. The quantitative estimate of drug-likeness (QED) is 0.0718. The van der Waals surface area contributed by atoms with Crippen molar-refractivity contribution < 1.29 is 38.2 Å². The van der Waals surface area contributed by atoms with E-state index in [1.165, 1.54) is 12.5 Å². The Morgan fingerprint density at radius 1 is 0.692 bits per heavy atom. The van der Waals surface area contributed by atoms with Gasteiger partial charge in [-0.1, -0.05) is 108 Å². The van der Waals surface area contributed by atoms with Crippen molar-refractivity contribution in [3.63, 3.8) is 0 Å². The molecule has 2 bridgehead atoms. The lowest BCUT2D eigenvalue weighted by Gasteiger charge is -2.29. The number of ether oxygens (including phenoxy) is 3. The fourth-order valence-corrected chi connectivity index (χ4v) is 8.51. The van der Waals surface area contributed by atoms with Crippen molar-refractivity contribution in [2.75, 3.05) is 19.5 Å². The molecule has 8 rings (SSSR count). The van der Waals surface area contributed by atoms with Gasteiger partial charge in [0.2, 0.25) is 16.9 Å². The highest BCUT2D eigenvalue weighted by atomic mass is 35.5. The summed E-state index contributed by atoms with van der Waals surface area (Å²) in [6, 6.07) is 29.7. The van der Waals surface area contributed by atoms with Gasteiger partial charge in [0, 0.05) is 47.7 Å². The molecule has 1 saturated heterocycles. The zero-order valence-electron chi connectivity index (χ0n) is 35.5. The van der Waals surface area contributed by atoms with Crippen LogP contribution in [0.3, 0.4) is 0 Å². The van der Waals surface area contributed by atoms with Gasteiger partial charge in [-0.3, -0.25) is 13.8 Å². The summed E-state index contributed by atoms with van der Waals surface area (Å²) in [5.74, 6) is 1.30. The Balaban J connectivity index is 0.000000197. The molecule has 2 fully saturated rings. The molecule has 0 radical (unpaired) electrons. The SMILES string of the molecule is CS(=O)c1ncc(C(=O)NCc2ccccc2)c(OCc2ccc(CO)c(Cl)c2)n1.O=C(NCc1ccccc1)c1cnc(C2C3CCC2COC3)nc1OCc1ccc(CO)c(Cl)c1. The molecule has 3 heterocycles. The molecular formula is C48H48Cl2N6O8S. The van der Waals surface area contributed by atoms with E-state index < -0.39 is 16.7 Å². The van der Waals surface area contributed by atoms with Gasteiger partial charge in [0.15, 0.2) is 0 Å². The standard InChI is InChI=1S/C27H28ClN3O4.C21H20ClN3O4S/c28-23-10-18(6-7-19(23)13-32)14-35-27-22(26(33)30-11-17-4-2-1-3-5-17)12-29-25(31-27)24-20-8-9-21(24)16-34-15-20;1-30(28)21-24-11-17(19(27)23-10-14-5-3-2-4-6-14)20(25-21)29-13-15-7-8-16(12-26)18(22)9-15/h1-7,10,12,20-21,24,32H,8-9,11,13-16H2,(H,30,33);2-9,11,26H,10,12-13H2,1H3,(H,23,27). The van der Waals surface area contributed by atoms with Crippen LogP contribution in [-0.4, -0.2) is 65.6 Å². The van der Waals surface area contributed by atoms with Crippen LogP contribution < -0.4 is 20.1 Å². The van der Waals surface area contributed by atoms with Gasteiger partial charge in [0.1, 0.15) is 30.2 Å². The first-order valence-electron chi connectivity index (χ1n) is 20.9. The summed E-state index contributed by atoms with van der Waals surface area (Å²) in [7, 11) is -1.43. The maximum atomic E-state index is 13.1. The first-order valence-corrected chi connectivity index (χ1v) is 23.2. The molecule has 1 aliphatic carbocycles. The van der Waals surface area contributed by atoms with Gasteiger partial charge in [-0.15, -0.1) is 0 Å². The van der Waals surface area contributed by atoms with Crippen LogP contribution in [0, 0.1) is 11.8 Å². The lowest BCUT2D eigenvalue weighted by molar-refractivity contribution is 0.0297. The van der Waals surface area contributed by atoms with Crippen LogP contribution in [0.4, 0.5) is 0 Å². The largest absolute Gasteiger partial charge is 0.472 e. The number of hydrogen-bond acceptors (Lipinski definition) is 12. The molecule has 3 atom stereocenters. The monoisotopic (exact) mass is 938 g/mol. The second kappa shape index (κ2) is 22.9. The minimum Gasteiger partial charge on any atom is -0.472 e. The highest BCUT2D eigenvalue weighted by molar-refractivity contribution is 7.84. The minimum atomic E-state index is -1.43. The number of benzene rings is 4. The summed E-state index contributed by atoms with van der Waals surface area (Å²) < 4.78 is 29.3. The first-order chi connectivity index (χ1) is 31.6. The smallest absolute Gasteiger partial charge is 0.258 e. The van der Waals surface area contributed by atoms with E-state index >= 15 is 0 Å². The molecule has 2 aromatic heterocycles. The number of nitrogens with one attached hydrogen (secondary N) is 2. The Bertz CT molecular complexity index is 2600. The van der Waals surface area contributed by atoms with Crippen LogP contribution in [0.5, 0.6) is 11.8 Å². The predicted molar refractivity (Wildman–Crippen MR) is 245 cm³/mol. The first kappa shape index (κ1) is 47.2.